The second-order valence-corrected chi connectivity index (χ2v) is 4.35. The van der Waals surface area contributed by atoms with E-state index >= 15 is 0 Å². The van der Waals surface area contributed by atoms with Crippen LogP contribution in [-0.4, -0.2) is 42.5 Å². The van der Waals surface area contributed by atoms with Gasteiger partial charge < -0.3 is 19.3 Å². The Morgan fingerprint density at radius 2 is 2.28 bits per heavy atom. The molecule has 102 valence electrons. The predicted octanol–water partition coefficient (Wildman–Crippen LogP) is 1.09. The number of nitrogens with one attached hydrogen (secondary N) is 1. The lowest BCUT2D eigenvalue weighted by molar-refractivity contribution is -0.0941. The summed E-state index contributed by atoms with van der Waals surface area (Å²) in [6.07, 6.45) is 1.61. The Morgan fingerprint density at radius 1 is 1.39 bits per heavy atom. The minimum absolute atomic E-state index is 0.185. The highest BCUT2D eigenvalue weighted by Gasteiger charge is 2.22. The maximum absolute atomic E-state index is 5.53. The highest BCUT2D eigenvalue weighted by atomic mass is 16.6. The molecule has 0 bridgehead atoms. The molecule has 1 N–H and O–H groups in total. The van der Waals surface area contributed by atoms with Crippen LogP contribution in [0.4, 0.5) is 0 Å². The summed E-state index contributed by atoms with van der Waals surface area (Å²) in [7, 11) is 0. The second kappa shape index (κ2) is 6.82. The maximum Gasteiger partial charge on any atom is 0.228 e. The molecule has 6 heteroatoms. The third kappa shape index (κ3) is 3.51. The van der Waals surface area contributed by atoms with E-state index < -0.39 is 0 Å². The number of rotatable bonds is 6. The normalized spacial score (nSPS) is 22.0. The molecule has 0 aromatic carbocycles. The molecule has 0 aliphatic carbocycles. The predicted molar refractivity (Wildman–Crippen MR) is 65.3 cm³/mol. The van der Waals surface area contributed by atoms with Gasteiger partial charge in [0.05, 0.1) is 19.8 Å². The van der Waals surface area contributed by atoms with Crippen molar-refractivity contribution < 1.29 is 14.0 Å². The van der Waals surface area contributed by atoms with E-state index in [1.54, 1.807) is 0 Å². The quantitative estimate of drug-likeness (QED) is 0.820. The van der Waals surface area contributed by atoms with Crippen molar-refractivity contribution in [2.45, 2.75) is 38.8 Å². The highest BCUT2D eigenvalue weighted by molar-refractivity contribution is 4.94. The van der Waals surface area contributed by atoms with E-state index in [0.29, 0.717) is 37.6 Å². The summed E-state index contributed by atoms with van der Waals surface area (Å²) in [4.78, 5) is 4.38. The lowest BCUT2D eigenvalue weighted by atomic mass is 10.1. The summed E-state index contributed by atoms with van der Waals surface area (Å²) >= 11 is 0. The SMILES string of the molecule is CCNC(CC)Cc1nc(C2COCCO2)no1. The van der Waals surface area contributed by atoms with Gasteiger partial charge >= 0.3 is 0 Å². The summed E-state index contributed by atoms with van der Waals surface area (Å²) in [6.45, 7) is 6.91. The van der Waals surface area contributed by atoms with Crippen molar-refractivity contribution in [1.29, 1.82) is 0 Å². The summed E-state index contributed by atoms with van der Waals surface area (Å²) in [5, 5.41) is 7.35. The van der Waals surface area contributed by atoms with Gasteiger partial charge in [-0.05, 0) is 13.0 Å². The minimum atomic E-state index is -0.185. The number of nitrogens with zero attached hydrogens (tertiary/aromatic N) is 2. The molecule has 2 atom stereocenters. The lowest BCUT2D eigenvalue weighted by Crippen LogP contribution is -2.30. The fourth-order valence-corrected chi connectivity index (χ4v) is 1.98. The van der Waals surface area contributed by atoms with Crippen LogP contribution in [0.2, 0.25) is 0 Å². The van der Waals surface area contributed by atoms with Crippen LogP contribution in [-0.2, 0) is 15.9 Å². The summed E-state index contributed by atoms with van der Waals surface area (Å²) in [6, 6.07) is 0.381. The Bertz CT molecular complexity index is 350. The van der Waals surface area contributed by atoms with Gasteiger partial charge in [0.15, 0.2) is 0 Å². The molecule has 6 nitrogen and oxygen atoms in total. The molecule has 2 rings (SSSR count). The highest BCUT2D eigenvalue weighted by Crippen LogP contribution is 2.18. The zero-order valence-electron chi connectivity index (χ0n) is 11.0. The molecular formula is C12H21N3O3. The van der Waals surface area contributed by atoms with Gasteiger partial charge in [-0.15, -0.1) is 0 Å². The Morgan fingerprint density at radius 3 is 2.94 bits per heavy atom. The van der Waals surface area contributed by atoms with E-state index in [1.165, 1.54) is 0 Å². The fourth-order valence-electron chi connectivity index (χ4n) is 1.98. The van der Waals surface area contributed by atoms with Gasteiger partial charge in [0.1, 0.15) is 6.10 Å². The fraction of sp³-hybridized carbons (Fsp3) is 0.833. The molecule has 1 aliphatic heterocycles. The van der Waals surface area contributed by atoms with Crippen molar-refractivity contribution in [1.82, 2.24) is 15.5 Å². The average Bonchev–Trinajstić information content (AvgIpc) is 2.88. The number of aromatic nitrogens is 2. The van der Waals surface area contributed by atoms with Gasteiger partial charge in [0.2, 0.25) is 11.7 Å². The van der Waals surface area contributed by atoms with Crippen molar-refractivity contribution in [3.8, 4) is 0 Å². The largest absolute Gasteiger partial charge is 0.376 e. The number of likely N-dealkylation sites (N-methyl/N-ethyl adjacent to an activating group) is 1. The molecule has 2 heterocycles. The Hall–Kier alpha value is -0.980. The monoisotopic (exact) mass is 255 g/mol. The first-order valence-corrected chi connectivity index (χ1v) is 6.58. The van der Waals surface area contributed by atoms with Gasteiger partial charge in [-0.3, -0.25) is 0 Å². The maximum atomic E-state index is 5.53. The third-order valence-electron chi connectivity index (χ3n) is 2.99. The number of ether oxygens (including phenoxy) is 2. The van der Waals surface area contributed by atoms with E-state index in [1.807, 2.05) is 0 Å². The molecule has 1 aromatic rings. The van der Waals surface area contributed by atoms with Crippen LogP contribution in [0, 0.1) is 0 Å². The lowest BCUT2D eigenvalue weighted by Gasteiger charge is -2.19. The Labute approximate surface area is 107 Å². The first-order chi connectivity index (χ1) is 8.83. The van der Waals surface area contributed by atoms with Gasteiger partial charge in [-0.1, -0.05) is 19.0 Å². The van der Waals surface area contributed by atoms with Crippen LogP contribution in [0.1, 0.15) is 38.1 Å². The molecule has 1 fully saturated rings. The van der Waals surface area contributed by atoms with Crippen LogP contribution < -0.4 is 5.32 Å². The first kappa shape index (κ1) is 13.5. The molecular weight excluding hydrogens is 234 g/mol. The Kier molecular flexibility index (Phi) is 5.10. The molecule has 0 spiro atoms. The van der Waals surface area contributed by atoms with Crippen LogP contribution >= 0.6 is 0 Å². The zero-order chi connectivity index (χ0) is 12.8. The van der Waals surface area contributed by atoms with Crippen molar-refractivity contribution >= 4 is 0 Å². The van der Waals surface area contributed by atoms with Gasteiger partial charge in [-0.25, -0.2) is 0 Å². The van der Waals surface area contributed by atoms with Gasteiger partial charge in [0.25, 0.3) is 0 Å². The molecule has 2 unspecified atom stereocenters. The number of hydrogen-bond acceptors (Lipinski definition) is 6. The van der Waals surface area contributed by atoms with Crippen LogP contribution in [0.25, 0.3) is 0 Å². The minimum Gasteiger partial charge on any atom is -0.376 e. The molecule has 18 heavy (non-hydrogen) atoms. The summed E-state index contributed by atoms with van der Waals surface area (Å²) < 4.78 is 16.1. The van der Waals surface area contributed by atoms with Crippen LogP contribution in [0.3, 0.4) is 0 Å². The Balaban J connectivity index is 1.92. The van der Waals surface area contributed by atoms with Gasteiger partial charge in [-0.2, -0.15) is 4.98 Å². The molecule has 0 saturated carbocycles. The summed E-state index contributed by atoms with van der Waals surface area (Å²) in [5.41, 5.74) is 0. The standard InChI is InChI=1S/C12H21N3O3/c1-3-9(13-4-2)7-11-14-12(15-18-11)10-8-16-5-6-17-10/h9-10,13H,3-8H2,1-2H3. The van der Waals surface area contributed by atoms with Crippen molar-refractivity contribution in [2.24, 2.45) is 0 Å². The smallest absolute Gasteiger partial charge is 0.228 e. The molecule has 1 aromatic heterocycles. The summed E-state index contributed by atoms with van der Waals surface area (Å²) in [5.74, 6) is 1.25. The van der Waals surface area contributed by atoms with E-state index in [2.05, 4.69) is 29.3 Å². The van der Waals surface area contributed by atoms with Crippen molar-refractivity contribution in [3.05, 3.63) is 11.7 Å². The first-order valence-electron chi connectivity index (χ1n) is 6.58. The average molecular weight is 255 g/mol. The second-order valence-electron chi connectivity index (χ2n) is 4.35. The molecule has 0 radical (unpaired) electrons. The van der Waals surface area contributed by atoms with E-state index in [0.717, 1.165) is 19.4 Å². The van der Waals surface area contributed by atoms with E-state index in [4.69, 9.17) is 14.0 Å². The molecule has 0 amide bonds. The molecule has 1 aliphatic rings. The third-order valence-corrected chi connectivity index (χ3v) is 2.99. The van der Waals surface area contributed by atoms with Crippen molar-refractivity contribution in [3.63, 3.8) is 0 Å². The van der Waals surface area contributed by atoms with Crippen LogP contribution in [0.15, 0.2) is 4.52 Å². The van der Waals surface area contributed by atoms with Crippen molar-refractivity contribution in [2.75, 3.05) is 26.4 Å². The zero-order valence-corrected chi connectivity index (χ0v) is 11.0. The van der Waals surface area contributed by atoms with Gasteiger partial charge in [0, 0.05) is 12.5 Å². The van der Waals surface area contributed by atoms with E-state index in [-0.39, 0.29) is 6.10 Å². The van der Waals surface area contributed by atoms with E-state index in [9.17, 15) is 0 Å². The van der Waals surface area contributed by atoms with Crippen LogP contribution in [0.5, 0.6) is 0 Å². The topological polar surface area (TPSA) is 69.4 Å². The number of hydrogen-bond donors (Lipinski definition) is 1. The molecule has 1 saturated heterocycles.